The quantitative estimate of drug-likeness (QED) is 0.504. The molecule has 1 aliphatic heterocycles. The minimum absolute atomic E-state index is 0.00413. The second kappa shape index (κ2) is 11.5. The molecule has 0 radical (unpaired) electrons. The van der Waals surface area contributed by atoms with Gasteiger partial charge in [0.2, 0.25) is 20.0 Å². The summed E-state index contributed by atoms with van der Waals surface area (Å²) in [6.07, 6.45) is 0.802. The highest BCUT2D eigenvalue weighted by molar-refractivity contribution is 7.90. The smallest absolute Gasteiger partial charge is 0.254 e. The van der Waals surface area contributed by atoms with E-state index in [9.17, 15) is 26.0 Å². The van der Waals surface area contributed by atoms with Gasteiger partial charge in [-0.05, 0) is 68.5 Å². The monoisotopic (exact) mass is 626 g/mol. The largest absolute Gasteiger partial charge is 0.351 e. The molecule has 1 unspecified atom stereocenters. The lowest BCUT2D eigenvalue weighted by Crippen LogP contribution is -2.64. The Bertz CT molecular complexity index is 1350. The molecule has 2 aliphatic rings. The maximum Gasteiger partial charge on any atom is 0.254 e. The van der Waals surface area contributed by atoms with Gasteiger partial charge < -0.3 is 11.1 Å². The average Bonchev–Trinajstić information content (AvgIpc) is 2.88. The fraction of sp³-hybridized carbons (Fsp3) is 0.435. The number of halogens is 4. The van der Waals surface area contributed by atoms with E-state index in [-0.39, 0.29) is 51.4 Å². The van der Waals surface area contributed by atoms with Crippen molar-refractivity contribution < 1.29 is 26.0 Å². The molecule has 208 valence electrons. The third-order valence-corrected chi connectivity index (χ3v) is 11.4. The van der Waals surface area contributed by atoms with Crippen molar-refractivity contribution in [2.75, 3.05) is 13.1 Å². The van der Waals surface area contributed by atoms with E-state index in [0.717, 1.165) is 32.9 Å². The molecule has 4 rings (SSSR count). The molecule has 1 aliphatic carbocycles. The SMILES string of the molecule is NC1CCC(NC(=O)C2N(S(=O)(=O)c3ccc(F)c(Cl)c3)CCCN2S(=O)(=O)c2ccc(Cl)c(Cl)c2)CC1. The van der Waals surface area contributed by atoms with Gasteiger partial charge in [0.1, 0.15) is 5.82 Å². The number of hydrogen-bond donors (Lipinski definition) is 2. The zero-order valence-electron chi connectivity index (χ0n) is 20.0. The van der Waals surface area contributed by atoms with Crippen LogP contribution in [0.3, 0.4) is 0 Å². The van der Waals surface area contributed by atoms with Gasteiger partial charge in [-0.2, -0.15) is 8.61 Å². The van der Waals surface area contributed by atoms with Crippen molar-refractivity contribution in [2.24, 2.45) is 5.73 Å². The summed E-state index contributed by atoms with van der Waals surface area (Å²) in [5.74, 6) is -1.62. The Morgan fingerprint density at radius 3 is 1.89 bits per heavy atom. The molecule has 2 aromatic carbocycles. The number of nitrogens with one attached hydrogen (secondary N) is 1. The van der Waals surface area contributed by atoms with Crippen LogP contribution in [0.1, 0.15) is 32.1 Å². The Kier molecular flexibility index (Phi) is 8.95. The van der Waals surface area contributed by atoms with Crippen LogP contribution in [0.5, 0.6) is 0 Å². The third-order valence-electron chi connectivity index (χ3n) is 6.65. The standard InChI is InChI=1S/C23H26Cl3FN4O5S2/c24-18-8-6-16(12-19(18)25)37(33,34)30-10-1-11-31(38(35,36)17-7-9-21(27)20(26)13-17)23(30)22(32)29-15-4-2-14(28)3-5-15/h6-9,12-15,23H,1-5,10-11,28H2,(H,29,32). The van der Waals surface area contributed by atoms with Crippen molar-refractivity contribution in [1.82, 2.24) is 13.9 Å². The van der Waals surface area contributed by atoms with E-state index in [2.05, 4.69) is 5.32 Å². The molecular formula is C23H26Cl3FN4O5S2. The second-order valence-corrected chi connectivity index (χ2v) is 14.2. The van der Waals surface area contributed by atoms with Crippen LogP contribution in [0.4, 0.5) is 4.39 Å². The predicted molar refractivity (Wildman–Crippen MR) is 142 cm³/mol. The molecule has 2 aromatic rings. The lowest BCUT2D eigenvalue weighted by molar-refractivity contribution is -0.130. The van der Waals surface area contributed by atoms with Crippen LogP contribution in [-0.2, 0) is 24.8 Å². The topological polar surface area (TPSA) is 130 Å². The highest BCUT2D eigenvalue weighted by atomic mass is 35.5. The first kappa shape index (κ1) is 29.5. The van der Waals surface area contributed by atoms with Gasteiger partial charge in [-0.15, -0.1) is 0 Å². The number of carbonyl (C=O) groups is 1. The lowest BCUT2D eigenvalue weighted by Gasteiger charge is -2.41. The zero-order valence-corrected chi connectivity index (χ0v) is 23.9. The van der Waals surface area contributed by atoms with Crippen LogP contribution in [0, 0.1) is 5.82 Å². The minimum Gasteiger partial charge on any atom is -0.351 e. The summed E-state index contributed by atoms with van der Waals surface area (Å²) in [4.78, 5) is 13.1. The van der Waals surface area contributed by atoms with E-state index < -0.39 is 43.0 Å². The van der Waals surface area contributed by atoms with Crippen LogP contribution < -0.4 is 11.1 Å². The maximum absolute atomic E-state index is 13.8. The summed E-state index contributed by atoms with van der Waals surface area (Å²) in [6, 6.07) is 6.21. The van der Waals surface area contributed by atoms with Gasteiger partial charge in [-0.25, -0.2) is 21.2 Å². The molecule has 1 amide bonds. The fourth-order valence-corrected chi connectivity index (χ4v) is 8.53. The van der Waals surface area contributed by atoms with Crippen LogP contribution in [0.15, 0.2) is 46.2 Å². The van der Waals surface area contributed by atoms with Gasteiger partial charge in [0.05, 0.1) is 24.9 Å². The summed E-state index contributed by atoms with van der Waals surface area (Å²) in [6.45, 7) is -0.287. The Hall–Kier alpha value is -1.51. The average molecular weight is 628 g/mol. The highest BCUT2D eigenvalue weighted by Crippen LogP contribution is 2.33. The number of carbonyl (C=O) groups excluding carboxylic acids is 1. The van der Waals surface area contributed by atoms with E-state index in [0.29, 0.717) is 25.7 Å². The number of rotatable bonds is 6. The summed E-state index contributed by atoms with van der Waals surface area (Å²) in [7, 11) is -8.91. The first-order valence-electron chi connectivity index (χ1n) is 11.8. The molecule has 9 nitrogen and oxygen atoms in total. The molecule has 1 heterocycles. The van der Waals surface area contributed by atoms with Gasteiger partial charge in [0.15, 0.2) is 6.17 Å². The molecule has 1 saturated heterocycles. The van der Waals surface area contributed by atoms with Gasteiger partial charge in [0.25, 0.3) is 5.91 Å². The Morgan fingerprint density at radius 1 is 0.842 bits per heavy atom. The first-order valence-corrected chi connectivity index (χ1v) is 15.8. The van der Waals surface area contributed by atoms with Crippen molar-refractivity contribution in [1.29, 1.82) is 0 Å². The summed E-state index contributed by atoms with van der Waals surface area (Å²) in [5.41, 5.74) is 5.96. The van der Waals surface area contributed by atoms with Crippen LogP contribution in [-0.4, -0.2) is 62.7 Å². The van der Waals surface area contributed by atoms with E-state index in [1.54, 1.807) is 0 Å². The molecule has 0 bridgehead atoms. The molecule has 3 N–H and O–H groups in total. The number of sulfonamides is 2. The number of amides is 1. The van der Waals surface area contributed by atoms with Gasteiger partial charge in [0, 0.05) is 25.2 Å². The molecule has 2 fully saturated rings. The molecule has 38 heavy (non-hydrogen) atoms. The number of nitrogens with two attached hydrogens (primary N) is 1. The van der Waals surface area contributed by atoms with Gasteiger partial charge in [-0.3, -0.25) is 4.79 Å². The minimum atomic E-state index is -4.49. The number of nitrogens with zero attached hydrogens (tertiary/aromatic N) is 2. The Morgan fingerprint density at radius 2 is 1.37 bits per heavy atom. The number of benzene rings is 2. The van der Waals surface area contributed by atoms with E-state index in [4.69, 9.17) is 40.5 Å². The lowest BCUT2D eigenvalue weighted by atomic mass is 9.92. The zero-order chi connectivity index (χ0) is 27.8. The summed E-state index contributed by atoms with van der Waals surface area (Å²) in [5, 5.41) is 2.50. The number of hydrogen-bond acceptors (Lipinski definition) is 6. The molecule has 1 atom stereocenters. The normalized spacial score (nSPS) is 23.8. The van der Waals surface area contributed by atoms with Crippen LogP contribution >= 0.6 is 34.8 Å². The first-order chi connectivity index (χ1) is 17.8. The molecule has 1 saturated carbocycles. The highest BCUT2D eigenvalue weighted by Gasteiger charge is 2.47. The van der Waals surface area contributed by atoms with Crippen molar-refractivity contribution >= 4 is 60.8 Å². The fourth-order valence-electron chi connectivity index (χ4n) is 4.62. The van der Waals surface area contributed by atoms with Crippen molar-refractivity contribution in [2.45, 2.75) is 60.1 Å². The van der Waals surface area contributed by atoms with E-state index in [1.807, 2.05) is 0 Å². The summed E-state index contributed by atoms with van der Waals surface area (Å²) >= 11 is 17.8. The second-order valence-electron chi connectivity index (χ2n) is 9.23. The third kappa shape index (κ3) is 5.97. The Labute approximate surface area is 236 Å². The van der Waals surface area contributed by atoms with E-state index in [1.165, 1.54) is 12.1 Å². The maximum atomic E-state index is 13.8. The molecular weight excluding hydrogens is 602 g/mol. The van der Waals surface area contributed by atoms with E-state index >= 15 is 0 Å². The molecule has 0 spiro atoms. The predicted octanol–water partition coefficient (Wildman–Crippen LogP) is 3.58. The van der Waals surface area contributed by atoms with Gasteiger partial charge in [-0.1, -0.05) is 34.8 Å². The van der Waals surface area contributed by atoms with Crippen molar-refractivity contribution in [3.63, 3.8) is 0 Å². The molecule has 0 aromatic heterocycles. The summed E-state index contributed by atoms with van der Waals surface area (Å²) < 4.78 is 70.3. The van der Waals surface area contributed by atoms with Crippen LogP contribution in [0.25, 0.3) is 0 Å². The Balaban J connectivity index is 1.77. The van der Waals surface area contributed by atoms with Crippen LogP contribution in [0.2, 0.25) is 15.1 Å². The molecule has 15 heteroatoms. The van der Waals surface area contributed by atoms with Crippen molar-refractivity contribution in [3.05, 3.63) is 57.3 Å². The van der Waals surface area contributed by atoms with Gasteiger partial charge >= 0.3 is 0 Å². The van der Waals surface area contributed by atoms with Crippen molar-refractivity contribution in [3.8, 4) is 0 Å².